The Hall–Kier alpha value is -3.23. The first-order chi connectivity index (χ1) is 9.74. The Morgan fingerprint density at radius 1 is 1.30 bits per heavy atom. The molecule has 0 radical (unpaired) electrons. The third-order valence-corrected chi connectivity index (χ3v) is 2.52. The third-order valence-electron chi connectivity index (χ3n) is 2.52. The van der Waals surface area contributed by atoms with Crippen LogP contribution >= 0.6 is 0 Å². The molecule has 0 aromatic carbocycles. The Labute approximate surface area is 112 Å². The number of nitrogens with one attached hydrogen (secondary N) is 3. The van der Waals surface area contributed by atoms with Gasteiger partial charge in [0.25, 0.3) is 5.91 Å². The number of fused-ring (bicyclic) bond motifs is 1. The average molecular weight is 270 g/mol. The summed E-state index contributed by atoms with van der Waals surface area (Å²) in [5, 5.41) is 7.13. The standard InChI is InChI=1S/C11H10N8O/c12-11-15-8-6(5-14-17-8)9(16-11)18-19-10(20)7-3-1-2-4-13-7/h1-5H,(H,19,20)(H4,12,14,15,16,17,18). The van der Waals surface area contributed by atoms with Crippen LogP contribution in [-0.2, 0) is 0 Å². The summed E-state index contributed by atoms with van der Waals surface area (Å²) < 4.78 is 0. The van der Waals surface area contributed by atoms with Gasteiger partial charge in [0.2, 0.25) is 5.95 Å². The molecule has 1 amide bonds. The number of hydrogen-bond donors (Lipinski definition) is 4. The summed E-state index contributed by atoms with van der Waals surface area (Å²) in [4.78, 5) is 23.7. The highest BCUT2D eigenvalue weighted by Crippen LogP contribution is 2.17. The second-order valence-electron chi connectivity index (χ2n) is 3.86. The van der Waals surface area contributed by atoms with Crippen molar-refractivity contribution >= 4 is 28.7 Å². The largest absolute Gasteiger partial charge is 0.368 e. The fourth-order valence-corrected chi connectivity index (χ4v) is 1.62. The van der Waals surface area contributed by atoms with Crippen LogP contribution < -0.4 is 16.6 Å². The number of hydrogen-bond acceptors (Lipinski definition) is 7. The lowest BCUT2D eigenvalue weighted by Crippen LogP contribution is -2.30. The minimum atomic E-state index is -0.389. The maximum Gasteiger partial charge on any atom is 0.288 e. The SMILES string of the molecule is Nc1nc(NNC(=O)c2ccccn2)c2cn[nH]c2n1. The minimum Gasteiger partial charge on any atom is -0.368 e. The highest BCUT2D eigenvalue weighted by molar-refractivity contribution is 5.94. The number of nitrogens with two attached hydrogens (primary N) is 1. The Morgan fingerprint density at radius 3 is 3.00 bits per heavy atom. The van der Waals surface area contributed by atoms with Crippen molar-refractivity contribution in [1.82, 2.24) is 30.6 Å². The van der Waals surface area contributed by atoms with Crippen molar-refractivity contribution in [2.75, 3.05) is 11.2 Å². The molecule has 0 saturated heterocycles. The molecule has 9 heteroatoms. The quantitative estimate of drug-likeness (QED) is 0.495. The van der Waals surface area contributed by atoms with Crippen molar-refractivity contribution in [1.29, 1.82) is 0 Å². The van der Waals surface area contributed by atoms with Crippen molar-refractivity contribution < 1.29 is 4.79 Å². The van der Waals surface area contributed by atoms with E-state index in [1.54, 1.807) is 18.2 Å². The molecule has 20 heavy (non-hydrogen) atoms. The number of aromatic nitrogens is 5. The number of H-pyrrole nitrogens is 1. The molecule has 9 nitrogen and oxygen atoms in total. The molecule has 3 aromatic heterocycles. The first-order valence-corrected chi connectivity index (χ1v) is 5.68. The van der Waals surface area contributed by atoms with Crippen molar-refractivity contribution in [3.05, 3.63) is 36.3 Å². The zero-order valence-electron chi connectivity index (χ0n) is 10.2. The van der Waals surface area contributed by atoms with E-state index in [4.69, 9.17) is 5.73 Å². The monoisotopic (exact) mass is 270 g/mol. The third kappa shape index (κ3) is 2.19. The van der Waals surface area contributed by atoms with Crippen LogP contribution in [-0.4, -0.2) is 31.1 Å². The molecule has 3 rings (SSSR count). The van der Waals surface area contributed by atoms with Gasteiger partial charge in [-0.15, -0.1) is 0 Å². The molecule has 0 unspecified atom stereocenters. The molecule has 0 fully saturated rings. The minimum absolute atomic E-state index is 0.0661. The number of aromatic amines is 1. The van der Waals surface area contributed by atoms with Crippen LogP contribution in [0, 0.1) is 0 Å². The van der Waals surface area contributed by atoms with E-state index in [0.29, 0.717) is 16.9 Å². The Bertz CT molecular complexity index is 753. The Balaban J connectivity index is 1.80. The van der Waals surface area contributed by atoms with Crippen LogP contribution in [0.2, 0.25) is 0 Å². The van der Waals surface area contributed by atoms with E-state index < -0.39 is 0 Å². The predicted molar refractivity (Wildman–Crippen MR) is 71.4 cm³/mol. The van der Waals surface area contributed by atoms with E-state index in [2.05, 4.69) is 36.0 Å². The van der Waals surface area contributed by atoms with Crippen molar-refractivity contribution in [3.8, 4) is 0 Å². The van der Waals surface area contributed by atoms with Crippen LogP contribution in [0.4, 0.5) is 11.8 Å². The second kappa shape index (κ2) is 4.80. The van der Waals surface area contributed by atoms with Crippen molar-refractivity contribution in [2.45, 2.75) is 0 Å². The van der Waals surface area contributed by atoms with Gasteiger partial charge in [0, 0.05) is 6.20 Å². The summed E-state index contributed by atoms with van der Waals surface area (Å²) in [7, 11) is 0. The molecular formula is C11H10N8O. The summed E-state index contributed by atoms with van der Waals surface area (Å²) in [6, 6.07) is 5.04. The summed E-state index contributed by atoms with van der Waals surface area (Å²) in [6.45, 7) is 0. The van der Waals surface area contributed by atoms with Gasteiger partial charge in [-0.2, -0.15) is 15.1 Å². The van der Waals surface area contributed by atoms with E-state index in [1.165, 1.54) is 12.4 Å². The average Bonchev–Trinajstić information content (AvgIpc) is 2.93. The summed E-state index contributed by atoms with van der Waals surface area (Å²) in [6.07, 6.45) is 3.07. The van der Waals surface area contributed by atoms with Gasteiger partial charge in [-0.25, -0.2) is 0 Å². The predicted octanol–water partition coefficient (Wildman–Crippen LogP) is 0.0870. The van der Waals surface area contributed by atoms with Crippen LogP contribution in [0.3, 0.4) is 0 Å². The number of nitrogens with zero attached hydrogens (tertiary/aromatic N) is 4. The molecular weight excluding hydrogens is 260 g/mol. The summed E-state index contributed by atoms with van der Waals surface area (Å²) >= 11 is 0. The van der Waals surface area contributed by atoms with Gasteiger partial charge < -0.3 is 5.73 Å². The zero-order valence-corrected chi connectivity index (χ0v) is 10.2. The topological polar surface area (TPSA) is 134 Å². The molecule has 3 heterocycles. The van der Waals surface area contributed by atoms with Gasteiger partial charge in [-0.05, 0) is 12.1 Å². The fourth-order valence-electron chi connectivity index (χ4n) is 1.62. The van der Waals surface area contributed by atoms with E-state index in [1.807, 2.05) is 0 Å². The van der Waals surface area contributed by atoms with E-state index >= 15 is 0 Å². The number of hydrazine groups is 1. The number of carbonyl (C=O) groups is 1. The first kappa shape index (κ1) is 11.8. The summed E-state index contributed by atoms with van der Waals surface area (Å²) in [5.74, 6) is 0.0290. The molecule has 5 N–H and O–H groups in total. The van der Waals surface area contributed by atoms with Gasteiger partial charge in [-0.1, -0.05) is 6.07 Å². The van der Waals surface area contributed by atoms with E-state index in [-0.39, 0.29) is 17.5 Å². The zero-order chi connectivity index (χ0) is 13.9. The second-order valence-corrected chi connectivity index (χ2v) is 3.86. The van der Waals surface area contributed by atoms with Crippen molar-refractivity contribution in [3.63, 3.8) is 0 Å². The smallest absolute Gasteiger partial charge is 0.288 e. The fraction of sp³-hybridized carbons (Fsp3) is 0. The molecule has 0 atom stereocenters. The van der Waals surface area contributed by atoms with Crippen molar-refractivity contribution in [2.24, 2.45) is 0 Å². The normalized spacial score (nSPS) is 10.4. The highest BCUT2D eigenvalue weighted by atomic mass is 16.2. The van der Waals surface area contributed by atoms with Gasteiger partial charge in [0.1, 0.15) is 5.69 Å². The molecule has 3 aromatic rings. The molecule has 0 bridgehead atoms. The molecule has 0 aliphatic rings. The first-order valence-electron chi connectivity index (χ1n) is 5.68. The van der Waals surface area contributed by atoms with Gasteiger partial charge in [-0.3, -0.25) is 25.7 Å². The summed E-state index contributed by atoms with van der Waals surface area (Å²) in [5.41, 5.74) is 11.5. The van der Waals surface area contributed by atoms with Gasteiger partial charge >= 0.3 is 0 Å². The number of pyridine rings is 1. The van der Waals surface area contributed by atoms with Crippen LogP contribution in [0.15, 0.2) is 30.6 Å². The lowest BCUT2D eigenvalue weighted by molar-refractivity contribution is 0.0957. The highest BCUT2D eigenvalue weighted by Gasteiger charge is 2.10. The Morgan fingerprint density at radius 2 is 2.20 bits per heavy atom. The lowest BCUT2D eigenvalue weighted by atomic mass is 10.3. The number of rotatable bonds is 3. The number of nitrogen functional groups attached to an aromatic ring is 1. The molecule has 0 spiro atoms. The number of carbonyl (C=O) groups excluding carboxylic acids is 1. The molecule has 0 saturated carbocycles. The maximum atomic E-state index is 11.8. The maximum absolute atomic E-state index is 11.8. The number of anilines is 2. The lowest BCUT2D eigenvalue weighted by Gasteiger charge is -2.08. The van der Waals surface area contributed by atoms with Crippen LogP contribution in [0.5, 0.6) is 0 Å². The van der Waals surface area contributed by atoms with Gasteiger partial charge in [0.15, 0.2) is 11.5 Å². The number of amides is 1. The van der Waals surface area contributed by atoms with Gasteiger partial charge in [0.05, 0.1) is 11.6 Å². The van der Waals surface area contributed by atoms with Crippen LogP contribution in [0.1, 0.15) is 10.5 Å². The molecule has 0 aliphatic heterocycles. The Kier molecular flexibility index (Phi) is 2.84. The van der Waals surface area contributed by atoms with E-state index in [0.717, 1.165) is 0 Å². The molecule has 0 aliphatic carbocycles. The molecule has 100 valence electrons. The van der Waals surface area contributed by atoms with E-state index in [9.17, 15) is 4.79 Å². The van der Waals surface area contributed by atoms with Crippen LogP contribution in [0.25, 0.3) is 11.0 Å².